The quantitative estimate of drug-likeness (QED) is 0.441. The van der Waals surface area contributed by atoms with Gasteiger partial charge in [-0.3, -0.25) is 0 Å². The third-order valence-corrected chi connectivity index (χ3v) is 11.3. The fraction of sp³-hybridized carbons (Fsp3) is 0.833. The van der Waals surface area contributed by atoms with E-state index < -0.39 is 24.3 Å². The Morgan fingerprint density at radius 2 is 1.28 bits per heavy atom. The van der Waals surface area contributed by atoms with Crippen molar-refractivity contribution in [1.29, 1.82) is 0 Å². The summed E-state index contributed by atoms with van der Waals surface area (Å²) >= 11 is 40.5. The van der Waals surface area contributed by atoms with Crippen molar-refractivity contribution >= 4 is 69.6 Å². The van der Waals surface area contributed by atoms with Crippen LogP contribution in [0.15, 0.2) is 12.2 Å². The van der Waals surface area contributed by atoms with Crippen LogP contribution < -0.4 is 0 Å². The zero-order valence-corrected chi connectivity index (χ0v) is 13.4. The van der Waals surface area contributed by atoms with Gasteiger partial charge < -0.3 is 0 Å². The summed E-state index contributed by atoms with van der Waals surface area (Å²) in [6.07, 6.45) is 4.42. The van der Waals surface area contributed by atoms with Crippen molar-refractivity contribution in [3.63, 3.8) is 0 Å². The van der Waals surface area contributed by atoms with Gasteiger partial charge in [-0.25, -0.2) is 0 Å². The highest BCUT2D eigenvalue weighted by molar-refractivity contribution is 6.63. The van der Waals surface area contributed by atoms with Gasteiger partial charge in [-0.1, -0.05) is 35.4 Å². The molecule has 6 heteroatoms. The molecule has 0 aromatic rings. The minimum Gasteiger partial charge on any atom is -0.119 e. The molecule has 0 heterocycles. The molecule has 0 nitrogen and oxygen atoms in total. The maximum atomic E-state index is 6.92. The van der Waals surface area contributed by atoms with Gasteiger partial charge in [0.2, 0.25) is 0 Å². The van der Waals surface area contributed by atoms with Gasteiger partial charge in [0.1, 0.15) is 9.75 Å². The van der Waals surface area contributed by atoms with E-state index in [-0.39, 0.29) is 17.8 Å². The number of fused-ring (bicyclic) bond motifs is 3. The highest BCUT2D eigenvalue weighted by Gasteiger charge is 3.00. The maximum absolute atomic E-state index is 6.92. The van der Waals surface area contributed by atoms with Gasteiger partial charge in [0.05, 0.1) is 10.3 Å². The summed E-state index contributed by atoms with van der Waals surface area (Å²) in [6.45, 7) is 0. The molecule has 0 aliphatic heterocycles. The zero-order chi connectivity index (χ0) is 12.9. The second kappa shape index (κ2) is 2.73. The Morgan fingerprint density at radius 1 is 0.722 bits per heavy atom. The molecule has 0 aromatic carbocycles. The molecule has 98 valence electrons. The van der Waals surface area contributed by atoms with Gasteiger partial charge in [-0.05, 0) is 29.6 Å². The van der Waals surface area contributed by atoms with E-state index in [0.29, 0.717) is 11.8 Å². The molecule has 0 radical (unpaired) electrons. The van der Waals surface area contributed by atoms with Gasteiger partial charge in [-0.15, -0.1) is 46.4 Å². The Balaban J connectivity index is 1.94. The van der Waals surface area contributed by atoms with Crippen LogP contribution in [0.4, 0.5) is 0 Å². The standard InChI is InChI=1S/C12H8Cl6/c13-8-9(14)5-3-1-2-4(5)7-6(3)10(8,15)12(17,18)11(7,9)16/h1-8H/t3?,4-,5+,6?,7-,8+,9-,10-,11-/m1/s1. The Kier molecular flexibility index (Phi) is 1.83. The van der Waals surface area contributed by atoms with E-state index in [0.717, 1.165) is 0 Å². The molecule has 4 fully saturated rings. The summed E-state index contributed by atoms with van der Waals surface area (Å²) in [6, 6.07) is 0. The third-order valence-electron chi connectivity index (χ3n) is 6.26. The summed E-state index contributed by atoms with van der Waals surface area (Å²) in [7, 11) is 0. The number of allylic oxidation sites excluding steroid dienone is 2. The van der Waals surface area contributed by atoms with Crippen LogP contribution in [-0.4, -0.2) is 24.3 Å². The molecule has 0 N–H and O–H groups in total. The predicted molar refractivity (Wildman–Crippen MR) is 76.4 cm³/mol. The monoisotopic (exact) mass is 362 g/mol. The molecule has 4 saturated carbocycles. The number of rotatable bonds is 0. The lowest BCUT2D eigenvalue weighted by atomic mass is 9.63. The normalized spacial score (nSPS) is 76.1. The van der Waals surface area contributed by atoms with Crippen LogP contribution in [0.1, 0.15) is 0 Å². The van der Waals surface area contributed by atoms with Crippen molar-refractivity contribution in [2.75, 3.05) is 0 Å². The van der Waals surface area contributed by atoms with Gasteiger partial charge in [0.15, 0.2) is 4.33 Å². The van der Waals surface area contributed by atoms with Crippen LogP contribution in [0.5, 0.6) is 0 Å². The minimum absolute atomic E-state index is 0.148. The van der Waals surface area contributed by atoms with Crippen molar-refractivity contribution in [2.45, 2.75) is 24.3 Å². The number of halogens is 6. The summed E-state index contributed by atoms with van der Waals surface area (Å²) in [4.78, 5) is -2.65. The van der Waals surface area contributed by atoms with Gasteiger partial charge in [-0.2, -0.15) is 0 Å². The summed E-state index contributed by atoms with van der Waals surface area (Å²) in [5, 5.41) is -0.492. The van der Waals surface area contributed by atoms with Crippen molar-refractivity contribution in [2.24, 2.45) is 29.6 Å². The molecule has 5 aliphatic carbocycles. The van der Waals surface area contributed by atoms with E-state index in [1.54, 1.807) is 0 Å². The Morgan fingerprint density at radius 3 is 1.89 bits per heavy atom. The van der Waals surface area contributed by atoms with Crippen LogP contribution in [0, 0.1) is 29.6 Å². The third kappa shape index (κ3) is 0.681. The Bertz CT molecular complexity index is 517. The largest absolute Gasteiger partial charge is 0.160 e. The van der Waals surface area contributed by atoms with E-state index in [4.69, 9.17) is 69.6 Å². The van der Waals surface area contributed by atoms with Crippen molar-refractivity contribution < 1.29 is 0 Å². The van der Waals surface area contributed by atoms with Crippen molar-refractivity contribution in [1.82, 2.24) is 0 Å². The summed E-state index contributed by atoms with van der Waals surface area (Å²) < 4.78 is -1.28. The summed E-state index contributed by atoms with van der Waals surface area (Å²) in [5.41, 5.74) is 0. The van der Waals surface area contributed by atoms with E-state index >= 15 is 0 Å². The maximum Gasteiger partial charge on any atom is 0.160 e. The lowest BCUT2D eigenvalue weighted by molar-refractivity contribution is 0.146. The van der Waals surface area contributed by atoms with Crippen LogP contribution in [-0.2, 0) is 0 Å². The average molecular weight is 365 g/mol. The van der Waals surface area contributed by atoms with Crippen LogP contribution >= 0.6 is 69.6 Å². The second-order valence-electron chi connectivity index (χ2n) is 6.30. The highest BCUT2D eigenvalue weighted by atomic mass is 35.5. The Labute approximate surface area is 135 Å². The molecule has 0 saturated heterocycles. The number of hydrogen-bond acceptors (Lipinski definition) is 0. The first-order chi connectivity index (χ1) is 8.25. The molecule has 9 atom stereocenters. The van der Waals surface area contributed by atoms with Crippen molar-refractivity contribution in [3.8, 4) is 0 Å². The fourth-order valence-electron chi connectivity index (χ4n) is 5.96. The topological polar surface area (TPSA) is 0 Å². The highest BCUT2D eigenvalue weighted by Crippen LogP contribution is 2.92. The number of hydrogen-bond donors (Lipinski definition) is 0. The molecule has 0 spiro atoms. The molecule has 5 aliphatic rings. The van der Waals surface area contributed by atoms with E-state index in [1.165, 1.54) is 0 Å². The lowest BCUT2D eigenvalue weighted by Crippen LogP contribution is -2.63. The van der Waals surface area contributed by atoms with Gasteiger partial charge >= 0.3 is 0 Å². The SMILES string of the molecule is Cl[C@H]1[C@]2(Cl)[C@H]3C4C=C[C@H]3[C@@H]3C4[C@]1(Cl)C(Cl)(Cl)[C@@]32Cl. The van der Waals surface area contributed by atoms with Crippen LogP contribution in [0.25, 0.3) is 0 Å². The lowest BCUT2D eigenvalue weighted by Gasteiger charge is -2.53. The van der Waals surface area contributed by atoms with Gasteiger partial charge in [0, 0.05) is 0 Å². The van der Waals surface area contributed by atoms with E-state index in [1.807, 2.05) is 0 Å². The van der Waals surface area contributed by atoms with Crippen LogP contribution in [0.3, 0.4) is 0 Å². The molecule has 5 rings (SSSR count). The molecule has 0 aromatic heterocycles. The first-order valence-corrected chi connectivity index (χ1v) is 8.35. The van der Waals surface area contributed by atoms with Gasteiger partial charge in [0.25, 0.3) is 0 Å². The van der Waals surface area contributed by atoms with Crippen LogP contribution in [0.2, 0.25) is 0 Å². The molecule has 6 bridgehead atoms. The molecular weight excluding hydrogens is 357 g/mol. The second-order valence-corrected chi connectivity index (χ2v) is 9.91. The fourth-order valence-corrected chi connectivity index (χ4v) is 9.99. The molecule has 0 amide bonds. The Hall–Kier alpha value is 1.48. The molecular formula is C12H8Cl6. The van der Waals surface area contributed by atoms with E-state index in [2.05, 4.69) is 12.2 Å². The minimum atomic E-state index is -1.28. The number of alkyl halides is 6. The smallest absolute Gasteiger partial charge is 0.119 e. The van der Waals surface area contributed by atoms with Crippen molar-refractivity contribution in [3.05, 3.63) is 12.2 Å². The summed E-state index contributed by atoms with van der Waals surface area (Å²) in [5.74, 6) is 1.20. The van der Waals surface area contributed by atoms with E-state index in [9.17, 15) is 0 Å². The molecule has 18 heavy (non-hydrogen) atoms. The average Bonchev–Trinajstić information content (AvgIpc) is 2.96. The zero-order valence-electron chi connectivity index (χ0n) is 8.89. The predicted octanol–water partition coefficient (Wildman–Crippen LogP) is 4.41. The first-order valence-electron chi connectivity index (χ1n) is 6.02. The first kappa shape index (κ1) is 12.1. The molecule has 2 unspecified atom stereocenters.